The molecule has 0 amide bonds. The molecule has 2 unspecified atom stereocenters. The van der Waals surface area contributed by atoms with Gasteiger partial charge in [0.15, 0.2) is 0 Å². The Kier molecular flexibility index (Phi) is 6.03. The summed E-state index contributed by atoms with van der Waals surface area (Å²) < 4.78 is 4.99. The number of aromatic nitrogens is 2. The zero-order chi connectivity index (χ0) is 31.1. The molecule has 4 nitrogen and oxygen atoms in total. The minimum Gasteiger partial charge on any atom is -0.341 e. The van der Waals surface area contributed by atoms with Gasteiger partial charge in [0.25, 0.3) is 0 Å². The number of nitrogens with one attached hydrogen (secondary N) is 1. The van der Waals surface area contributed by atoms with Crippen LogP contribution in [0.4, 0.5) is 5.69 Å². The second-order valence-corrected chi connectivity index (χ2v) is 13.8. The number of nitrogens with zero attached hydrogens (tertiary/aromatic N) is 3. The van der Waals surface area contributed by atoms with E-state index < -0.39 is 0 Å². The van der Waals surface area contributed by atoms with Gasteiger partial charge < -0.3 is 19.4 Å². The molecule has 0 saturated heterocycles. The molecule has 2 atom stereocenters. The van der Waals surface area contributed by atoms with Crippen molar-refractivity contribution in [3.05, 3.63) is 136 Å². The number of hydrogen-bond acceptors (Lipinski definition) is 2. The van der Waals surface area contributed by atoms with E-state index in [1.165, 1.54) is 93.3 Å². The Morgan fingerprint density at radius 1 is 0.681 bits per heavy atom. The summed E-state index contributed by atoms with van der Waals surface area (Å²) in [5.41, 5.74) is 15.8. The molecule has 6 aromatic rings. The summed E-state index contributed by atoms with van der Waals surface area (Å²) in [7, 11) is 0. The number of benzene rings is 4. The van der Waals surface area contributed by atoms with Gasteiger partial charge in [-0.15, -0.1) is 0 Å². The largest absolute Gasteiger partial charge is 0.341 e. The molecule has 4 aromatic carbocycles. The van der Waals surface area contributed by atoms with Crippen molar-refractivity contribution >= 4 is 45.9 Å². The standard InChI is InChI=1S/C43H38N4/c44-27-28-10-9-11-29(24-28)45-42-22-20-30(46-38-16-5-1-12-32(38)33-13-2-6-17-39(33)46)25-36(42)37-26-31(21-23-43(37)45)47-40-18-7-3-14-34(40)35-15-4-8-19-41(35)47/h1-3,5,7,9-14,16,18,20,22,24-27,35,41,44H,4,6,8,15,17,19,21,23H2. The molecule has 0 spiro atoms. The number of anilines is 1. The van der Waals surface area contributed by atoms with Gasteiger partial charge in [-0.25, -0.2) is 0 Å². The van der Waals surface area contributed by atoms with Crippen molar-refractivity contribution in [2.75, 3.05) is 4.90 Å². The fourth-order valence-electron chi connectivity index (χ4n) is 9.44. The average molecular weight is 611 g/mol. The first-order valence-corrected chi connectivity index (χ1v) is 17.4. The first kappa shape index (κ1) is 27.1. The van der Waals surface area contributed by atoms with Crippen molar-refractivity contribution in [1.82, 2.24) is 9.13 Å². The molecular formula is C43H38N4. The predicted molar refractivity (Wildman–Crippen MR) is 196 cm³/mol. The number of fused-ring (bicyclic) bond motifs is 9. The first-order valence-electron chi connectivity index (χ1n) is 17.4. The predicted octanol–water partition coefficient (Wildman–Crippen LogP) is 10.4. The van der Waals surface area contributed by atoms with E-state index in [0.29, 0.717) is 12.0 Å². The summed E-state index contributed by atoms with van der Waals surface area (Å²) in [6.07, 6.45) is 18.0. The average Bonchev–Trinajstić information content (AvgIpc) is 3.77. The zero-order valence-electron chi connectivity index (χ0n) is 26.6. The fourth-order valence-corrected chi connectivity index (χ4v) is 9.44. The molecule has 3 aliphatic carbocycles. The lowest BCUT2D eigenvalue weighted by Crippen LogP contribution is -2.36. The van der Waals surface area contributed by atoms with Crippen molar-refractivity contribution < 1.29 is 0 Å². The maximum Gasteiger partial charge on any atom is 0.0539 e. The minimum atomic E-state index is 0.563. The highest BCUT2D eigenvalue weighted by atomic mass is 15.2. The molecule has 47 heavy (non-hydrogen) atoms. The van der Waals surface area contributed by atoms with Crippen molar-refractivity contribution in [2.45, 2.75) is 63.3 Å². The van der Waals surface area contributed by atoms with Crippen LogP contribution in [0.25, 0.3) is 45.3 Å². The second-order valence-electron chi connectivity index (χ2n) is 13.8. The molecule has 230 valence electrons. The molecule has 4 heteroatoms. The highest BCUT2D eigenvalue weighted by Crippen LogP contribution is 2.51. The third-order valence-corrected chi connectivity index (χ3v) is 11.4. The van der Waals surface area contributed by atoms with Crippen LogP contribution < -0.4 is 4.90 Å². The Bertz CT molecular complexity index is 2310. The van der Waals surface area contributed by atoms with E-state index in [9.17, 15) is 0 Å². The zero-order valence-corrected chi connectivity index (χ0v) is 26.6. The van der Waals surface area contributed by atoms with Gasteiger partial charge in [-0.2, -0.15) is 0 Å². The Morgan fingerprint density at radius 3 is 2.43 bits per heavy atom. The van der Waals surface area contributed by atoms with Gasteiger partial charge in [0.1, 0.15) is 0 Å². The van der Waals surface area contributed by atoms with E-state index >= 15 is 0 Å². The molecule has 1 saturated carbocycles. The van der Waals surface area contributed by atoms with Crippen LogP contribution in [0.1, 0.15) is 78.1 Å². The smallest absolute Gasteiger partial charge is 0.0539 e. The Morgan fingerprint density at radius 2 is 1.49 bits per heavy atom. The number of allylic oxidation sites excluding steroid dienone is 2. The maximum absolute atomic E-state index is 7.97. The van der Waals surface area contributed by atoms with E-state index in [1.54, 1.807) is 5.56 Å². The quantitative estimate of drug-likeness (QED) is 0.198. The van der Waals surface area contributed by atoms with Crippen LogP contribution >= 0.6 is 0 Å². The number of hydrogen-bond donors (Lipinski definition) is 1. The van der Waals surface area contributed by atoms with Gasteiger partial charge in [0.05, 0.1) is 11.0 Å². The Balaban J connectivity index is 1.21. The van der Waals surface area contributed by atoms with E-state index in [4.69, 9.17) is 5.41 Å². The minimum absolute atomic E-state index is 0.563. The molecule has 0 bridgehead atoms. The van der Waals surface area contributed by atoms with E-state index in [2.05, 4.69) is 117 Å². The monoisotopic (exact) mass is 610 g/mol. The lowest BCUT2D eigenvalue weighted by molar-refractivity contribution is 0.395. The van der Waals surface area contributed by atoms with Crippen molar-refractivity contribution in [1.29, 1.82) is 5.41 Å². The van der Waals surface area contributed by atoms with Crippen molar-refractivity contribution in [3.63, 3.8) is 0 Å². The fraction of sp³-hybridized carbons (Fsp3) is 0.233. The second kappa shape index (κ2) is 10.5. The normalized spacial score (nSPS) is 19.7. The van der Waals surface area contributed by atoms with E-state index in [1.807, 2.05) is 6.07 Å². The maximum atomic E-state index is 7.97. The molecule has 4 aliphatic rings. The highest BCUT2D eigenvalue weighted by molar-refractivity contribution is 5.98. The van der Waals surface area contributed by atoms with Gasteiger partial charge in [0, 0.05) is 74.2 Å². The van der Waals surface area contributed by atoms with Gasteiger partial charge in [-0.1, -0.05) is 73.5 Å². The van der Waals surface area contributed by atoms with Gasteiger partial charge in [0.2, 0.25) is 0 Å². The highest BCUT2D eigenvalue weighted by Gasteiger charge is 2.41. The molecular weight excluding hydrogens is 573 g/mol. The summed E-state index contributed by atoms with van der Waals surface area (Å²) in [6.45, 7) is 0. The van der Waals surface area contributed by atoms with Crippen molar-refractivity contribution in [2.24, 2.45) is 0 Å². The third-order valence-electron chi connectivity index (χ3n) is 11.4. The molecule has 1 N–H and O–H groups in total. The number of para-hydroxylation sites is 2. The molecule has 1 aliphatic heterocycles. The van der Waals surface area contributed by atoms with Crippen LogP contribution in [-0.2, 0) is 12.8 Å². The summed E-state index contributed by atoms with van der Waals surface area (Å²) >= 11 is 0. The van der Waals surface area contributed by atoms with Crippen molar-refractivity contribution in [3.8, 4) is 11.4 Å². The molecule has 10 rings (SSSR count). The summed E-state index contributed by atoms with van der Waals surface area (Å²) in [5, 5.41) is 10.6. The summed E-state index contributed by atoms with van der Waals surface area (Å²) in [6, 6.07) is 34.2. The van der Waals surface area contributed by atoms with Crippen LogP contribution in [0.3, 0.4) is 0 Å². The van der Waals surface area contributed by atoms with Crippen LogP contribution in [0.5, 0.6) is 0 Å². The SMILES string of the molecule is N=Cc1cccc(-n2c3c(c4cc(-n5c6c(c7ccccc75)C=CCC6)ccc42)C=C(N2c4ccccc4C4CCCCC42)CC3)c1. The Hall–Kier alpha value is -5.09. The molecule has 0 radical (unpaired) electrons. The lowest BCUT2D eigenvalue weighted by Gasteiger charge is -2.36. The van der Waals surface area contributed by atoms with Crippen LogP contribution in [0.2, 0.25) is 0 Å². The molecule has 3 heterocycles. The van der Waals surface area contributed by atoms with Gasteiger partial charge >= 0.3 is 0 Å². The van der Waals surface area contributed by atoms with Gasteiger partial charge in [-0.05, 0) is 98.2 Å². The van der Waals surface area contributed by atoms with Gasteiger partial charge in [-0.3, -0.25) is 0 Å². The summed E-state index contributed by atoms with van der Waals surface area (Å²) in [4.78, 5) is 2.74. The first-order chi connectivity index (χ1) is 23.3. The number of rotatable bonds is 4. The third kappa shape index (κ3) is 3.97. The topological polar surface area (TPSA) is 37.0 Å². The van der Waals surface area contributed by atoms with Crippen LogP contribution in [-0.4, -0.2) is 21.4 Å². The van der Waals surface area contributed by atoms with Crippen LogP contribution in [0, 0.1) is 5.41 Å². The van der Waals surface area contributed by atoms with E-state index in [0.717, 1.165) is 36.9 Å². The molecule has 2 aromatic heterocycles. The Labute approximate surface area is 275 Å². The summed E-state index contributed by atoms with van der Waals surface area (Å²) in [5.74, 6) is 0.640. The lowest BCUT2D eigenvalue weighted by atomic mass is 9.82. The van der Waals surface area contributed by atoms with E-state index in [-0.39, 0.29) is 0 Å². The van der Waals surface area contributed by atoms with Crippen LogP contribution in [0.15, 0.2) is 103 Å². The molecule has 1 fully saturated rings.